The first kappa shape index (κ1) is 19.1. The number of amides is 1. The summed E-state index contributed by atoms with van der Waals surface area (Å²) in [6.45, 7) is 3.69. The molecule has 0 heterocycles. The fourth-order valence-electron chi connectivity index (χ4n) is 2.23. The number of ether oxygens (including phenoxy) is 1. The molecule has 0 aliphatic rings. The maximum Gasteiger partial charge on any atom is 0.316 e. The standard InChI is InChI=1S/C20H23NO3S/c1-15-8-10-17(11-9-15)13-25-14-20(23)24-12-19(22)21-16(2)18-6-4-3-5-7-18/h3-11,16H,12-14H2,1-2H3,(H,21,22)/t16-/m1/s1. The molecule has 0 saturated heterocycles. The van der Waals surface area contributed by atoms with Crippen molar-refractivity contribution in [2.45, 2.75) is 25.6 Å². The third-order valence-electron chi connectivity index (χ3n) is 3.65. The van der Waals surface area contributed by atoms with Crippen LogP contribution in [0, 0.1) is 6.92 Å². The molecule has 0 aliphatic carbocycles. The van der Waals surface area contributed by atoms with Gasteiger partial charge in [-0.25, -0.2) is 0 Å². The van der Waals surface area contributed by atoms with E-state index in [9.17, 15) is 9.59 Å². The fourth-order valence-corrected chi connectivity index (χ4v) is 3.01. The van der Waals surface area contributed by atoms with Crippen molar-refractivity contribution in [1.29, 1.82) is 0 Å². The van der Waals surface area contributed by atoms with Crippen molar-refractivity contribution in [2.24, 2.45) is 0 Å². The summed E-state index contributed by atoms with van der Waals surface area (Å²) in [6.07, 6.45) is 0. The van der Waals surface area contributed by atoms with Gasteiger partial charge in [-0.15, -0.1) is 11.8 Å². The number of hydrogen-bond donors (Lipinski definition) is 1. The van der Waals surface area contributed by atoms with Crippen LogP contribution in [-0.4, -0.2) is 24.2 Å². The molecule has 0 radical (unpaired) electrons. The van der Waals surface area contributed by atoms with Crippen molar-refractivity contribution < 1.29 is 14.3 Å². The molecule has 1 N–H and O–H groups in total. The Hall–Kier alpha value is -2.27. The SMILES string of the molecule is Cc1ccc(CSCC(=O)OCC(=O)N[C@H](C)c2ccccc2)cc1. The Labute approximate surface area is 153 Å². The van der Waals surface area contributed by atoms with Crippen LogP contribution in [-0.2, 0) is 20.1 Å². The maximum absolute atomic E-state index is 11.9. The Morgan fingerprint density at radius 1 is 1.08 bits per heavy atom. The highest BCUT2D eigenvalue weighted by Crippen LogP contribution is 2.13. The molecule has 2 aromatic rings. The molecule has 5 heteroatoms. The van der Waals surface area contributed by atoms with Crippen LogP contribution < -0.4 is 5.32 Å². The van der Waals surface area contributed by atoms with E-state index in [1.54, 1.807) is 0 Å². The predicted molar refractivity (Wildman–Crippen MR) is 101 cm³/mol. The molecular formula is C20H23NO3S. The summed E-state index contributed by atoms with van der Waals surface area (Å²) >= 11 is 1.48. The van der Waals surface area contributed by atoms with Crippen molar-refractivity contribution in [1.82, 2.24) is 5.32 Å². The zero-order valence-electron chi connectivity index (χ0n) is 14.5. The van der Waals surface area contributed by atoms with Crippen molar-refractivity contribution >= 4 is 23.6 Å². The number of carbonyl (C=O) groups is 2. The lowest BCUT2D eigenvalue weighted by Crippen LogP contribution is -2.31. The molecule has 1 atom stereocenters. The number of rotatable bonds is 8. The summed E-state index contributed by atoms with van der Waals surface area (Å²) in [4.78, 5) is 23.6. The van der Waals surface area contributed by atoms with Crippen LogP contribution in [0.25, 0.3) is 0 Å². The van der Waals surface area contributed by atoms with Crippen molar-refractivity contribution in [2.75, 3.05) is 12.4 Å². The minimum absolute atomic E-state index is 0.122. The zero-order chi connectivity index (χ0) is 18.1. The molecule has 0 spiro atoms. The Kier molecular flexibility index (Phi) is 7.54. The first-order chi connectivity index (χ1) is 12.0. The van der Waals surface area contributed by atoms with E-state index in [2.05, 4.69) is 5.32 Å². The lowest BCUT2D eigenvalue weighted by Gasteiger charge is -2.14. The van der Waals surface area contributed by atoms with E-state index in [1.807, 2.05) is 68.4 Å². The second-order valence-corrected chi connectivity index (χ2v) is 6.82. The maximum atomic E-state index is 11.9. The fraction of sp³-hybridized carbons (Fsp3) is 0.300. The van der Waals surface area contributed by atoms with Gasteiger partial charge in [-0.3, -0.25) is 9.59 Å². The molecule has 0 unspecified atom stereocenters. The van der Waals surface area contributed by atoms with Gasteiger partial charge in [0, 0.05) is 5.75 Å². The molecule has 1 amide bonds. The molecule has 132 valence electrons. The summed E-state index contributed by atoms with van der Waals surface area (Å²) in [7, 11) is 0. The first-order valence-electron chi connectivity index (χ1n) is 8.18. The molecule has 0 aliphatic heterocycles. The third kappa shape index (κ3) is 7.01. The number of nitrogens with one attached hydrogen (secondary N) is 1. The Morgan fingerprint density at radius 2 is 1.76 bits per heavy atom. The molecule has 4 nitrogen and oxygen atoms in total. The molecule has 2 rings (SSSR count). The average Bonchev–Trinajstić information content (AvgIpc) is 2.62. The second kappa shape index (κ2) is 9.89. The van der Waals surface area contributed by atoms with Crippen LogP contribution >= 0.6 is 11.8 Å². The van der Waals surface area contributed by atoms with Gasteiger partial charge in [0.25, 0.3) is 5.91 Å². The summed E-state index contributed by atoms with van der Waals surface area (Å²) in [6, 6.07) is 17.7. The number of hydrogen-bond acceptors (Lipinski definition) is 4. The molecular weight excluding hydrogens is 334 g/mol. The highest BCUT2D eigenvalue weighted by molar-refractivity contribution is 7.99. The van der Waals surface area contributed by atoms with Crippen LogP contribution in [0.2, 0.25) is 0 Å². The van der Waals surface area contributed by atoms with Crippen molar-refractivity contribution in [3.63, 3.8) is 0 Å². The number of esters is 1. The van der Waals surface area contributed by atoms with Gasteiger partial charge in [0.05, 0.1) is 11.8 Å². The number of carbonyl (C=O) groups excluding carboxylic acids is 2. The third-order valence-corrected chi connectivity index (χ3v) is 4.63. The molecule has 0 bridgehead atoms. The monoisotopic (exact) mass is 357 g/mol. The van der Waals surface area contributed by atoms with Gasteiger partial charge in [0.1, 0.15) is 0 Å². The average molecular weight is 357 g/mol. The van der Waals surface area contributed by atoms with Crippen LogP contribution in [0.3, 0.4) is 0 Å². The largest absolute Gasteiger partial charge is 0.455 e. The van der Waals surface area contributed by atoms with E-state index in [4.69, 9.17) is 4.74 Å². The van der Waals surface area contributed by atoms with Crippen LogP contribution in [0.15, 0.2) is 54.6 Å². The van der Waals surface area contributed by atoms with E-state index in [0.29, 0.717) is 0 Å². The van der Waals surface area contributed by atoms with Gasteiger partial charge in [-0.05, 0) is 25.0 Å². The van der Waals surface area contributed by atoms with Gasteiger partial charge >= 0.3 is 5.97 Å². The predicted octanol–water partition coefficient (Wildman–Crippen LogP) is 3.65. The quantitative estimate of drug-likeness (QED) is 0.733. The summed E-state index contributed by atoms with van der Waals surface area (Å²) in [5, 5.41) is 2.82. The van der Waals surface area contributed by atoms with Crippen LogP contribution in [0.1, 0.15) is 29.7 Å². The molecule has 2 aromatic carbocycles. The normalized spacial score (nSPS) is 11.6. The lowest BCUT2D eigenvalue weighted by atomic mass is 10.1. The number of thioether (sulfide) groups is 1. The lowest BCUT2D eigenvalue weighted by molar-refractivity contribution is -0.146. The second-order valence-electron chi connectivity index (χ2n) is 5.84. The number of aryl methyl sites for hydroxylation is 1. The van der Waals surface area contributed by atoms with Gasteiger partial charge in [-0.1, -0.05) is 60.2 Å². The minimum Gasteiger partial charge on any atom is -0.455 e. The van der Waals surface area contributed by atoms with Crippen LogP contribution in [0.4, 0.5) is 0 Å². The summed E-state index contributed by atoms with van der Waals surface area (Å²) in [5.41, 5.74) is 3.39. The van der Waals surface area contributed by atoms with Gasteiger partial charge in [0.15, 0.2) is 6.61 Å². The molecule has 25 heavy (non-hydrogen) atoms. The highest BCUT2D eigenvalue weighted by Gasteiger charge is 2.11. The Morgan fingerprint density at radius 3 is 2.44 bits per heavy atom. The van der Waals surface area contributed by atoms with E-state index < -0.39 is 0 Å². The molecule has 0 saturated carbocycles. The summed E-state index contributed by atoms with van der Waals surface area (Å²) < 4.78 is 5.03. The highest BCUT2D eigenvalue weighted by atomic mass is 32.2. The summed E-state index contributed by atoms with van der Waals surface area (Å²) in [5.74, 6) is 0.301. The van der Waals surface area contributed by atoms with Gasteiger partial charge < -0.3 is 10.1 Å². The van der Waals surface area contributed by atoms with E-state index >= 15 is 0 Å². The van der Waals surface area contributed by atoms with E-state index in [0.717, 1.165) is 16.9 Å². The Bertz CT molecular complexity index is 686. The molecule has 0 fully saturated rings. The van der Waals surface area contributed by atoms with Gasteiger partial charge in [0.2, 0.25) is 0 Å². The molecule has 0 aromatic heterocycles. The number of benzene rings is 2. The minimum atomic E-state index is -0.375. The smallest absolute Gasteiger partial charge is 0.316 e. The van der Waals surface area contributed by atoms with Crippen molar-refractivity contribution in [3.8, 4) is 0 Å². The topological polar surface area (TPSA) is 55.4 Å². The van der Waals surface area contributed by atoms with E-state index in [1.165, 1.54) is 17.3 Å². The Balaban J connectivity index is 1.64. The zero-order valence-corrected chi connectivity index (χ0v) is 15.3. The van der Waals surface area contributed by atoms with Crippen molar-refractivity contribution in [3.05, 3.63) is 71.3 Å². The van der Waals surface area contributed by atoms with Gasteiger partial charge in [-0.2, -0.15) is 0 Å². The first-order valence-corrected chi connectivity index (χ1v) is 9.33. The van der Waals surface area contributed by atoms with Crippen LogP contribution in [0.5, 0.6) is 0 Å². The van der Waals surface area contributed by atoms with E-state index in [-0.39, 0.29) is 30.3 Å².